The monoisotopic (exact) mass is 393 g/mol. The van der Waals surface area contributed by atoms with Crippen LogP contribution in [0.4, 0.5) is 13.2 Å². The van der Waals surface area contributed by atoms with E-state index < -0.39 is 28.0 Å². The SMILES string of the molecule is CC(C)c1ccc(OC[C@H]2CCCC[C@@H]2NS(=O)(=O)CC(F)(F)F)cc1. The molecule has 0 bridgehead atoms. The van der Waals surface area contributed by atoms with Gasteiger partial charge in [0.1, 0.15) is 5.75 Å². The maximum atomic E-state index is 12.4. The van der Waals surface area contributed by atoms with Gasteiger partial charge in [-0.05, 0) is 36.5 Å². The molecule has 0 heterocycles. The molecule has 1 saturated carbocycles. The number of ether oxygens (including phenoxy) is 1. The highest BCUT2D eigenvalue weighted by molar-refractivity contribution is 7.89. The molecule has 0 aromatic heterocycles. The number of halogens is 3. The Morgan fingerprint density at radius 3 is 2.35 bits per heavy atom. The minimum Gasteiger partial charge on any atom is -0.493 e. The number of nitrogens with one attached hydrogen (secondary N) is 1. The topological polar surface area (TPSA) is 55.4 Å². The normalized spacial score (nSPS) is 21.8. The first kappa shape index (κ1) is 21.0. The van der Waals surface area contributed by atoms with Gasteiger partial charge in [0.25, 0.3) is 0 Å². The first-order valence-electron chi connectivity index (χ1n) is 8.85. The molecule has 2 atom stereocenters. The predicted molar refractivity (Wildman–Crippen MR) is 94.7 cm³/mol. The van der Waals surface area contributed by atoms with Crippen LogP contribution in [0.15, 0.2) is 24.3 Å². The maximum Gasteiger partial charge on any atom is 0.404 e. The van der Waals surface area contributed by atoms with Crippen molar-refractivity contribution in [2.24, 2.45) is 5.92 Å². The molecule has 0 unspecified atom stereocenters. The van der Waals surface area contributed by atoms with Gasteiger partial charge in [-0.15, -0.1) is 0 Å². The van der Waals surface area contributed by atoms with Gasteiger partial charge in [0.2, 0.25) is 10.0 Å². The molecule has 1 N–H and O–H groups in total. The van der Waals surface area contributed by atoms with Crippen molar-refractivity contribution >= 4 is 10.0 Å². The molecule has 2 rings (SSSR count). The van der Waals surface area contributed by atoms with Crippen LogP contribution in [-0.2, 0) is 10.0 Å². The van der Waals surface area contributed by atoms with Gasteiger partial charge in [0.15, 0.2) is 5.75 Å². The lowest BCUT2D eigenvalue weighted by molar-refractivity contribution is -0.106. The highest BCUT2D eigenvalue weighted by atomic mass is 32.2. The molecule has 0 aliphatic heterocycles. The molecule has 4 nitrogen and oxygen atoms in total. The molecular formula is C18H26F3NO3S. The Morgan fingerprint density at radius 1 is 1.15 bits per heavy atom. The van der Waals surface area contributed by atoms with Crippen molar-refractivity contribution < 1.29 is 26.3 Å². The van der Waals surface area contributed by atoms with Gasteiger partial charge in [-0.1, -0.05) is 38.8 Å². The van der Waals surface area contributed by atoms with Crippen molar-refractivity contribution in [3.63, 3.8) is 0 Å². The van der Waals surface area contributed by atoms with E-state index in [0.717, 1.165) is 19.3 Å². The summed E-state index contributed by atoms with van der Waals surface area (Å²) >= 11 is 0. The van der Waals surface area contributed by atoms with E-state index >= 15 is 0 Å². The summed E-state index contributed by atoms with van der Waals surface area (Å²) in [7, 11) is -4.40. The van der Waals surface area contributed by atoms with E-state index in [-0.39, 0.29) is 12.5 Å². The van der Waals surface area contributed by atoms with Crippen LogP contribution in [0.5, 0.6) is 5.75 Å². The van der Waals surface area contributed by atoms with E-state index in [1.807, 2.05) is 24.3 Å². The van der Waals surface area contributed by atoms with Crippen LogP contribution in [0.2, 0.25) is 0 Å². The second kappa shape index (κ2) is 8.61. The van der Waals surface area contributed by atoms with Gasteiger partial charge in [-0.25, -0.2) is 13.1 Å². The number of alkyl halides is 3. The summed E-state index contributed by atoms with van der Waals surface area (Å²) in [6, 6.07) is 7.16. The van der Waals surface area contributed by atoms with Gasteiger partial charge >= 0.3 is 6.18 Å². The Kier molecular flexibility index (Phi) is 6.96. The fourth-order valence-corrected chi connectivity index (χ4v) is 4.49. The first-order valence-corrected chi connectivity index (χ1v) is 10.5. The predicted octanol–water partition coefficient (Wildman–Crippen LogP) is 4.23. The lowest BCUT2D eigenvalue weighted by Crippen LogP contribution is -2.46. The van der Waals surface area contributed by atoms with Crippen LogP contribution in [0.25, 0.3) is 0 Å². The van der Waals surface area contributed by atoms with Gasteiger partial charge in [-0.2, -0.15) is 13.2 Å². The van der Waals surface area contributed by atoms with Gasteiger partial charge in [0.05, 0.1) is 6.61 Å². The van der Waals surface area contributed by atoms with Crippen molar-refractivity contribution in [2.75, 3.05) is 12.4 Å². The molecule has 1 aromatic rings. The molecule has 148 valence electrons. The van der Waals surface area contributed by atoms with E-state index in [0.29, 0.717) is 18.1 Å². The number of rotatable bonds is 7. The molecule has 1 aromatic carbocycles. The first-order chi connectivity index (χ1) is 12.1. The summed E-state index contributed by atoms with van der Waals surface area (Å²) in [6.45, 7) is 4.46. The van der Waals surface area contributed by atoms with Gasteiger partial charge in [-0.3, -0.25) is 0 Å². The third-order valence-corrected chi connectivity index (χ3v) is 5.97. The van der Waals surface area contributed by atoms with E-state index in [1.54, 1.807) is 0 Å². The van der Waals surface area contributed by atoms with E-state index in [1.165, 1.54) is 5.56 Å². The summed E-state index contributed by atoms with van der Waals surface area (Å²) in [5.41, 5.74) is 1.19. The minimum atomic E-state index is -4.75. The van der Waals surface area contributed by atoms with Crippen molar-refractivity contribution in [1.29, 1.82) is 0 Å². The van der Waals surface area contributed by atoms with Crippen LogP contribution >= 0.6 is 0 Å². The summed E-state index contributed by atoms with van der Waals surface area (Å²) in [5.74, 6) is -0.899. The van der Waals surface area contributed by atoms with E-state index in [4.69, 9.17) is 4.74 Å². The fraction of sp³-hybridized carbons (Fsp3) is 0.667. The van der Waals surface area contributed by atoms with Crippen LogP contribution in [0, 0.1) is 5.92 Å². The Bertz CT molecular complexity index is 672. The zero-order valence-corrected chi connectivity index (χ0v) is 15.9. The van der Waals surface area contributed by atoms with E-state index in [9.17, 15) is 21.6 Å². The highest BCUT2D eigenvalue weighted by Gasteiger charge is 2.37. The smallest absolute Gasteiger partial charge is 0.404 e. The van der Waals surface area contributed by atoms with Crippen molar-refractivity contribution in [1.82, 2.24) is 4.72 Å². The second-order valence-electron chi connectivity index (χ2n) is 7.18. The van der Waals surface area contributed by atoms with E-state index in [2.05, 4.69) is 18.6 Å². The van der Waals surface area contributed by atoms with Crippen molar-refractivity contribution in [3.8, 4) is 5.75 Å². The molecule has 1 aliphatic carbocycles. The standard InChI is InChI=1S/C18H26F3NO3S/c1-13(2)14-7-9-16(10-8-14)25-11-15-5-3-4-6-17(15)22-26(23,24)12-18(19,20)21/h7-10,13,15,17,22H,3-6,11-12H2,1-2H3/t15-,17+/m1/s1. The molecule has 26 heavy (non-hydrogen) atoms. The zero-order chi connectivity index (χ0) is 19.4. The summed E-state index contributed by atoms with van der Waals surface area (Å²) in [5, 5.41) is 0. The number of hydrogen-bond acceptors (Lipinski definition) is 3. The van der Waals surface area contributed by atoms with Gasteiger partial charge < -0.3 is 4.74 Å². The molecule has 8 heteroatoms. The number of benzene rings is 1. The Hall–Kier alpha value is -1.28. The Labute approximate surface area is 153 Å². The van der Waals surface area contributed by atoms with Crippen LogP contribution in [-0.4, -0.2) is 33.0 Å². The second-order valence-corrected chi connectivity index (χ2v) is 8.93. The lowest BCUT2D eigenvalue weighted by atomic mass is 9.86. The minimum absolute atomic E-state index is 0.142. The largest absolute Gasteiger partial charge is 0.493 e. The molecule has 0 radical (unpaired) electrons. The Morgan fingerprint density at radius 2 is 1.77 bits per heavy atom. The summed E-state index contributed by atoms with van der Waals surface area (Å²) in [6.07, 6.45) is -1.79. The van der Waals surface area contributed by atoms with Crippen molar-refractivity contribution in [3.05, 3.63) is 29.8 Å². The quantitative estimate of drug-likeness (QED) is 0.754. The Balaban J connectivity index is 1.95. The molecule has 1 aliphatic rings. The van der Waals surface area contributed by atoms with Crippen LogP contribution in [0.3, 0.4) is 0 Å². The average Bonchev–Trinajstić information content (AvgIpc) is 2.51. The zero-order valence-electron chi connectivity index (χ0n) is 15.1. The van der Waals surface area contributed by atoms with Gasteiger partial charge in [0, 0.05) is 12.0 Å². The third-order valence-electron chi connectivity index (χ3n) is 4.60. The molecule has 0 saturated heterocycles. The van der Waals surface area contributed by atoms with Crippen molar-refractivity contribution in [2.45, 2.75) is 57.7 Å². The van der Waals surface area contributed by atoms with Crippen LogP contribution in [0.1, 0.15) is 51.0 Å². The third kappa shape index (κ3) is 6.79. The average molecular weight is 393 g/mol. The number of hydrogen-bond donors (Lipinski definition) is 1. The molecule has 1 fully saturated rings. The number of sulfonamides is 1. The fourth-order valence-electron chi connectivity index (χ4n) is 3.20. The summed E-state index contributed by atoms with van der Waals surface area (Å²) in [4.78, 5) is 0. The maximum absolute atomic E-state index is 12.4. The molecule has 0 spiro atoms. The molecule has 0 amide bonds. The van der Waals surface area contributed by atoms with Crippen LogP contribution < -0.4 is 9.46 Å². The summed E-state index contributed by atoms with van der Waals surface area (Å²) < 4.78 is 68.8. The molecular weight excluding hydrogens is 367 g/mol. The highest BCUT2D eigenvalue weighted by Crippen LogP contribution is 2.27. The lowest BCUT2D eigenvalue weighted by Gasteiger charge is -2.32.